The van der Waals surface area contributed by atoms with E-state index in [-0.39, 0.29) is 24.6 Å². The van der Waals surface area contributed by atoms with Gasteiger partial charge in [-0.3, -0.25) is 9.78 Å². The number of pyridine rings is 1. The predicted molar refractivity (Wildman–Crippen MR) is 80.5 cm³/mol. The van der Waals surface area contributed by atoms with Gasteiger partial charge in [0.15, 0.2) is 0 Å². The Bertz CT molecular complexity index is 701. The van der Waals surface area contributed by atoms with E-state index < -0.39 is 21.4 Å². The standard InChI is InChI=1S/C13H17F3N4O3S/c14-13(15,16)24(22,23)20-5-2-9(3-6-20)7-19-11-1-4-18-8-10(11)12(17)21/h1,4,8-9H,2-3,5-7H2,(H2,17,21)(H,18,19). The van der Waals surface area contributed by atoms with Crippen molar-refractivity contribution in [2.24, 2.45) is 11.7 Å². The second-order valence-electron chi connectivity index (χ2n) is 5.46. The number of hydrogen-bond donors (Lipinski definition) is 2. The molecule has 1 saturated heterocycles. The number of aromatic nitrogens is 1. The van der Waals surface area contributed by atoms with E-state index in [1.54, 1.807) is 6.07 Å². The Morgan fingerprint density at radius 3 is 2.54 bits per heavy atom. The van der Waals surface area contributed by atoms with Gasteiger partial charge in [-0.05, 0) is 24.8 Å². The van der Waals surface area contributed by atoms with Crippen molar-refractivity contribution in [1.82, 2.24) is 9.29 Å². The molecule has 2 heterocycles. The fourth-order valence-electron chi connectivity index (χ4n) is 2.50. The molecule has 7 nitrogen and oxygen atoms in total. The summed E-state index contributed by atoms with van der Waals surface area (Å²) in [6.45, 7) is 0.0185. The third kappa shape index (κ3) is 3.96. The van der Waals surface area contributed by atoms with E-state index >= 15 is 0 Å². The summed E-state index contributed by atoms with van der Waals surface area (Å²) in [4.78, 5) is 15.1. The highest BCUT2D eigenvalue weighted by Gasteiger charge is 2.50. The summed E-state index contributed by atoms with van der Waals surface area (Å²) in [6.07, 6.45) is 3.38. The number of anilines is 1. The van der Waals surface area contributed by atoms with Gasteiger partial charge in [-0.25, -0.2) is 8.42 Å². The van der Waals surface area contributed by atoms with Crippen molar-refractivity contribution in [1.29, 1.82) is 0 Å². The number of rotatable bonds is 5. The molecule has 11 heteroatoms. The zero-order valence-electron chi connectivity index (χ0n) is 12.6. The highest BCUT2D eigenvalue weighted by molar-refractivity contribution is 7.90. The van der Waals surface area contributed by atoms with Crippen LogP contribution >= 0.6 is 0 Å². The summed E-state index contributed by atoms with van der Waals surface area (Å²) in [5.74, 6) is -0.657. The van der Waals surface area contributed by atoms with Gasteiger partial charge in [0.1, 0.15) is 0 Å². The zero-order chi connectivity index (χ0) is 18.0. The van der Waals surface area contributed by atoms with E-state index in [0.29, 0.717) is 29.4 Å². The summed E-state index contributed by atoms with van der Waals surface area (Å²) in [7, 11) is -5.26. The Hall–Kier alpha value is -1.88. The SMILES string of the molecule is NC(=O)c1cnccc1NCC1CCN(S(=O)(=O)C(F)(F)F)CC1. The number of nitrogens with one attached hydrogen (secondary N) is 1. The van der Waals surface area contributed by atoms with Gasteiger partial charge < -0.3 is 11.1 Å². The third-order valence-corrected chi connectivity index (χ3v) is 5.50. The second-order valence-corrected chi connectivity index (χ2v) is 7.39. The number of nitrogens with two attached hydrogens (primary N) is 1. The molecule has 0 unspecified atom stereocenters. The lowest BCUT2D eigenvalue weighted by Gasteiger charge is -2.31. The van der Waals surface area contributed by atoms with Crippen LogP contribution in [0, 0.1) is 5.92 Å². The van der Waals surface area contributed by atoms with Crippen LogP contribution in [0.3, 0.4) is 0 Å². The highest BCUT2D eigenvalue weighted by Crippen LogP contribution is 2.30. The fraction of sp³-hybridized carbons (Fsp3) is 0.538. The molecular formula is C13H17F3N4O3S. The molecule has 1 amide bonds. The van der Waals surface area contributed by atoms with Gasteiger partial charge in [-0.15, -0.1) is 0 Å². The summed E-state index contributed by atoms with van der Waals surface area (Å²) in [5.41, 5.74) is 0.665. The number of piperidine rings is 1. The zero-order valence-corrected chi connectivity index (χ0v) is 13.4. The molecule has 0 saturated carbocycles. The third-order valence-electron chi connectivity index (χ3n) is 3.87. The molecule has 2 rings (SSSR count). The van der Waals surface area contributed by atoms with E-state index in [1.165, 1.54) is 12.4 Å². The van der Waals surface area contributed by atoms with Gasteiger partial charge in [0.2, 0.25) is 0 Å². The Kier molecular flexibility index (Phi) is 5.33. The van der Waals surface area contributed by atoms with Crippen molar-refractivity contribution in [2.45, 2.75) is 18.3 Å². The number of primary amides is 1. The van der Waals surface area contributed by atoms with Crippen LogP contribution in [0.15, 0.2) is 18.5 Å². The Morgan fingerprint density at radius 1 is 1.38 bits per heavy atom. The summed E-state index contributed by atoms with van der Waals surface area (Å²) in [6, 6.07) is 1.57. The second kappa shape index (κ2) is 6.93. The van der Waals surface area contributed by atoms with Crippen molar-refractivity contribution in [3.8, 4) is 0 Å². The van der Waals surface area contributed by atoms with Crippen LogP contribution in [0.5, 0.6) is 0 Å². The largest absolute Gasteiger partial charge is 0.511 e. The summed E-state index contributed by atoms with van der Waals surface area (Å²) in [5, 5.41) is 3.02. The van der Waals surface area contributed by atoms with Crippen LogP contribution in [-0.2, 0) is 10.0 Å². The van der Waals surface area contributed by atoms with Gasteiger partial charge in [0.25, 0.3) is 5.91 Å². The van der Waals surface area contributed by atoms with E-state index in [2.05, 4.69) is 10.3 Å². The van der Waals surface area contributed by atoms with Crippen molar-refractivity contribution in [2.75, 3.05) is 25.0 Å². The Labute approximate surface area is 137 Å². The van der Waals surface area contributed by atoms with E-state index in [1.807, 2.05) is 0 Å². The van der Waals surface area contributed by atoms with Crippen LogP contribution < -0.4 is 11.1 Å². The molecule has 24 heavy (non-hydrogen) atoms. The topological polar surface area (TPSA) is 105 Å². The molecule has 0 aliphatic carbocycles. The average molecular weight is 366 g/mol. The van der Waals surface area contributed by atoms with E-state index in [0.717, 1.165) is 0 Å². The minimum Gasteiger partial charge on any atom is -0.384 e. The van der Waals surface area contributed by atoms with Gasteiger partial charge >= 0.3 is 15.5 Å². The van der Waals surface area contributed by atoms with Gasteiger partial charge in [-0.2, -0.15) is 17.5 Å². The normalized spacial score (nSPS) is 17.6. The van der Waals surface area contributed by atoms with Crippen LogP contribution in [0.1, 0.15) is 23.2 Å². The van der Waals surface area contributed by atoms with E-state index in [9.17, 15) is 26.4 Å². The molecule has 1 aromatic rings. The lowest BCUT2D eigenvalue weighted by molar-refractivity contribution is -0.0496. The molecule has 0 bridgehead atoms. The molecule has 0 aromatic carbocycles. The number of carbonyl (C=O) groups is 1. The molecule has 1 fully saturated rings. The average Bonchev–Trinajstić information content (AvgIpc) is 2.52. The number of amides is 1. The molecule has 3 N–H and O–H groups in total. The molecule has 1 aliphatic heterocycles. The van der Waals surface area contributed by atoms with Gasteiger partial charge in [0.05, 0.1) is 11.3 Å². The number of sulfonamides is 1. The molecule has 1 aliphatic rings. The molecule has 0 spiro atoms. The first-order chi connectivity index (χ1) is 11.1. The van der Waals surface area contributed by atoms with Crippen LogP contribution in [0.25, 0.3) is 0 Å². The maximum atomic E-state index is 12.5. The maximum Gasteiger partial charge on any atom is 0.511 e. The molecular weight excluding hydrogens is 349 g/mol. The predicted octanol–water partition coefficient (Wildman–Crippen LogP) is 1.15. The van der Waals surface area contributed by atoms with Crippen molar-refractivity contribution in [3.05, 3.63) is 24.0 Å². The summed E-state index contributed by atoms with van der Waals surface area (Å²) >= 11 is 0. The first-order valence-corrected chi connectivity index (χ1v) is 8.61. The maximum absolute atomic E-state index is 12.5. The lowest BCUT2D eigenvalue weighted by atomic mass is 9.98. The lowest BCUT2D eigenvalue weighted by Crippen LogP contribution is -2.45. The quantitative estimate of drug-likeness (QED) is 0.813. The number of hydrogen-bond acceptors (Lipinski definition) is 5. The van der Waals surface area contributed by atoms with Crippen LogP contribution in [0.4, 0.5) is 18.9 Å². The number of alkyl halides is 3. The monoisotopic (exact) mass is 366 g/mol. The van der Waals surface area contributed by atoms with Crippen LogP contribution in [-0.4, -0.2) is 48.8 Å². The first kappa shape index (κ1) is 18.5. The molecule has 1 aromatic heterocycles. The molecule has 134 valence electrons. The highest BCUT2D eigenvalue weighted by atomic mass is 32.2. The molecule has 0 radical (unpaired) electrons. The van der Waals surface area contributed by atoms with Crippen molar-refractivity contribution >= 4 is 21.6 Å². The Balaban J connectivity index is 1.92. The van der Waals surface area contributed by atoms with Crippen molar-refractivity contribution < 1.29 is 26.4 Å². The first-order valence-electron chi connectivity index (χ1n) is 7.17. The number of carbonyl (C=O) groups excluding carboxylic acids is 1. The Morgan fingerprint density at radius 2 is 2.00 bits per heavy atom. The number of nitrogens with zero attached hydrogens (tertiary/aromatic N) is 2. The molecule has 0 atom stereocenters. The smallest absolute Gasteiger partial charge is 0.384 e. The number of halogens is 3. The summed E-state index contributed by atoms with van der Waals surface area (Å²) < 4.78 is 60.7. The minimum atomic E-state index is -5.27. The van der Waals surface area contributed by atoms with Crippen molar-refractivity contribution in [3.63, 3.8) is 0 Å². The van der Waals surface area contributed by atoms with Crippen LogP contribution in [0.2, 0.25) is 0 Å². The fourth-order valence-corrected chi connectivity index (χ4v) is 3.48. The minimum absolute atomic E-state index is 0.0152. The van der Waals surface area contributed by atoms with Gasteiger partial charge in [0, 0.05) is 32.0 Å². The van der Waals surface area contributed by atoms with Gasteiger partial charge in [-0.1, -0.05) is 0 Å². The van der Waals surface area contributed by atoms with E-state index in [4.69, 9.17) is 5.73 Å².